The predicted octanol–water partition coefficient (Wildman–Crippen LogP) is 2.86. The minimum atomic E-state index is -0.401. The molecule has 0 saturated heterocycles. The molecule has 1 rings (SSSR count). The summed E-state index contributed by atoms with van der Waals surface area (Å²) in [4.78, 5) is 11.8. The monoisotopic (exact) mass is 315 g/mol. The van der Waals surface area contributed by atoms with Gasteiger partial charge in [0, 0.05) is 12.3 Å². The zero-order chi connectivity index (χ0) is 13.5. The predicted molar refractivity (Wildman–Crippen MR) is 74.5 cm³/mol. The largest absolute Gasteiger partial charge is 0.460 e. The highest BCUT2D eigenvalue weighted by Gasteiger charge is 2.12. The van der Waals surface area contributed by atoms with Crippen molar-refractivity contribution in [3.05, 3.63) is 28.2 Å². The van der Waals surface area contributed by atoms with E-state index < -0.39 is 5.97 Å². The molecule has 0 unspecified atom stereocenters. The first-order chi connectivity index (χ1) is 8.52. The number of rotatable bonds is 6. The maximum absolute atomic E-state index is 11.8. The van der Waals surface area contributed by atoms with Gasteiger partial charge in [-0.15, -0.1) is 0 Å². The van der Waals surface area contributed by atoms with Crippen LogP contribution in [-0.2, 0) is 9.47 Å². The van der Waals surface area contributed by atoms with Gasteiger partial charge in [-0.1, -0.05) is 19.9 Å². The van der Waals surface area contributed by atoms with Crippen molar-refractivity contribution in [1.29, 1.82) is 0 Å². The number of ether oxygens (including phenoxy) is 2. The molecule has 1 aromatic carbocycles. The van der Waals surface area contributed by atoms with Gasteiger partial charge in [0.15, 0.2) is 0 Å². The third-order valence-electron chi connectivity index (χ3n) is 2.16. The Balaban J connectivity index is 2.39. The van der Waals surface area contributed by atoms with Gasteiger partial charge in [0.2, 0.25) is 0 Å². The molecule has 4 nitrogen and oxygen atoms in total. The van der Waals surface area contributed by atoms with Gasteiger partial charge in [0.25, 0.3) is 0 Å². The molecular formula is C13H18BrNO3. The van der Waals surface area contributed by atoms with Crippen molar-refractivity contribution in [2.45, 2.75) is 13.8 Å². The minimum absolute atomic E-state index is 0.243. The zero-order valence-electron chi connectivity index (χ0n) is 10.6. The molecule has 0 amide bonds. The highest BCUT2D eigenvalue weighted by atomic mass is 79.9. The number of benzene rings is 1. The number of esters is 1. The average molecular weight is 316 g/mol. The summed E-state index contributed by atoms with van der Waals surface area (Å²) in [6.45, 7) is 5.45. The molecule has 0 aliphatic heterocycles. The van der Waals surface area contributed by atoms with E-state index in [-0.39, 0.29) is 6.61 Å². The maximum atomic E-state index is 11.8. The number of carbonyl (C=O) groups excluding carboxylic acids is 1. The summed E-state index contributed by atoms with van der Waals surface area (Å²) in [5, 5.41) is 0. The molecule has 5 heteroatoms. The van der Waals surface area contributed by atoms with Gasteiger partial charge in [0.05, 0.1) is 16.6 Å². The Morgan fingerprint density at radius 3 is 2.78 bits per heavy atom. The van der Waals surface area contributed by atoms with Gasteiger partial charge in [-0.05, 0) is 34.0 Å². The molecule has 2 N–H and O–H groups in total. The van der Waals surface area contributed by atoms with Crippen LogP contribution in [0.3, 0.4) is 0 Å². The van der Waals surface area contributed by atoms with Gasteiger partial charge in [0.1, 0.15) is 6.61 Å². The van der Waals surface area contributed by atoms with E-state index in [0.29, 0.717) is 34.9 Å². The van der Waals surface area contributed by atoms with E-state index in [1.165, 1.54) is 0 Å². The number of nitrogens with two attached hydrogens (primary N) is 1. The lowest BCUT2D eigenvalue weighted by Crippen LogP contribution is -2.13. The Kier molecular flexibility index (Phi) is 6.15. The number of carbonyl (C=O) groups is 1. The Labute approximate surface area is 116 Å². The molecule has 0 aliphatic carbocycles. The summed E-state index contributed by atoms with van der Waals surface area (Å²) in [5.74, 6) is 0.0751. The summed E-state index contributed by atoms with van der Waals surface area (Å²) in [7, 11) is 0. The van der Waals surface area contributed by atoms with Gasteiger partial charge in [-0.25, -0.2) is 4.79 Å². The second-order valence-electron chi connectivity index (χ2n) is 4.31. The van der Waals surface area contributed by atoms with Crippen molar-refractivity contribution < 1.29 is 14.3 Å². The molecule has 0 fully saturated rings. The maximum Gasteiger partial charge on any atom is 0.339 e. The lowest BCUT2D eigenvalue weighted by atomic mass is 10.2. The van der Waals surface area contributed by atoms with Gasteiger partial charge in [-0.3, -0.25) is 0 Å². The summed E-state index contributed by atoms with van der Waals surface area (Å²) in [5.41, 5.74) is 6.63. The zero-order valence-corrected chi connectivity index (χ0v) is 12.2. The Morgan fingerprint density at radius 2 is 2.11 bits per heavy atom. The Hall–Kier alpha value is -1.07. The molecule has 0 aliphatic rings. The molecule has 0 radical (unpaired) electrons. The van der Waals surface area contributed by atoms with E-state index in [0.717, 1.165) is 0 Å². The van der Waals surface area contributed by atoms with E-state index in [9.17, 15) is 4.79 Å². The van der Waals surface area contributed by atoms with Gasteiger partial charge in [-0.2, -0.15) is 0 Å². The van der Waals surface area contributed by atoms with Crippen LogP contribution in [0.4, 0.5) is 5.69 Å². The van der Waals surface area contributed by atoms with Crippen molar-refractivity contribution in [2.24, 2.45) is 5.92 Å². The van der Waals surface area contributed by atoms with E-state index in [2.05, 4.69) is 29.8 Å². The average Bonchev–Trinajstić information content (AvgIpc) is 2.31. The van der Waals surface area contributed by atoms with E-state index in [1.807, 2.05) is 0 Å². The smallest absolute Gasteiger partial charge is 0.339 e. The van der Waals surface area contributed by atoms with Gasteiger partial charge < -0.3 is 15.2 Å². The molecule has 0 aromatic heterocycles. The topological polar surface area (TPSA) is 61.5 Å². The number of anilines is 1. The van der Waals surface area contributed by atoms with Crippen LogP contribution in [0.1, 0.15) is 24.2 Å². The highest BCUT2D eigenvalue weighted by molar-refractivity contribution is 9.10. The standard InChI is InChI=1S/C13H18BrNO3/c1-9(2)8-17-6-7-18-13(16)10-4-3-5-11(15)12(10)14/h3-5,9H,6-8,15H2,1-2H3. The van der Waals surface area contributed by atoms with Crippen LogP contribution >= 0.6 is 15.9 Å². The van der Waals surface area contributed by atoms with Gasteiger partial charge >= 0.3 is 5.97 Å². The number of hydrogen-bond acceptors (Lipinski definition) is 4. The van der Waals surface area contributed by atoms with Crippen molar-refractivity contribution in [1.82, 2.24) is 0 Å². The van der Waals surface area contributed by atoms with Crippen LogP contribution in [0.25, 0.3) is 0 Å². The van der Waals surface area contributed by atoms with Crippen LogP contribution in [0, 0.1) is 5.92 Å². The van der Waals surface area contributed by atoms with Crippen LogP contribution < -0.4 is 5.73 Å². The first-order valence-electron chi connectivity index (χ1n) is 5.81. The molecule has 100 valence electrons. The molecule has 0 atom stereocenters. The molecule has 0 spiro atoms. The fraction of sp³-hybridized carbons (Fsp3) is 0.462. The fourth-order valence-electron chi connectivity index (χ4n) is 1.30. The SMILES string of the molecule is CC(C)COCCOC(=O)c1cccc(N)c1Br. The summed E-state index contributed by atoms with van der Waals surface area (Å²) >= 11 is 3.27. The van der Waals surface area contributed by atoms with Crippen LogP contribution in [0.2, 0.25) is 0 Å². The summed E-state index contributed by atoms with van der Waals surface area (Å²) in [6.07, 6.45) is 0. The Morgan fingerprint density at radius 1 is 1.39 bits per heavy atom. The van der Waals surface area contributed by atoms with Crippen LogP contribution in [0.5, 0.6) is 0 Å². The first-order valence-corrected chi connectivity index (χ1v) is 6.60. The quantitative estimate of drug-likeness (QED) is 0.498. The highest BCUT2D eigenvalue weighted by Crippen LogP contribution is 2.24. The van der Waals surface area contributed by atoms with E-state index in [1.54, 1.807) is 18.2 Å². The third-order valence-corrected chi connectivity index (χ3v) is 3.05. The molecule has 1 aromatic rings. The second kappa shape index (κ2) is 7.38. The first kappa shape index (κ1) is 15.0. The number of halogens is 1. The normalized spacial score (nSPS) is 10.7. The Bertz CT molecular complexity index is 407. The third kappa shape index (κ3) is 4.66. The minimum Gasteiger partial charge on any atom is -0.460 e. The lowest BCUT2D eigenvalue weighted by Gasteiger charge is -2.09. The van der Waals surface area contributed by atoms with Crippen molar-refractivity contribution in [2.75, 3.05) is 25.6 Å². The fourth-order valence-corrected chi connectivity index (χ4v) is 1.72. The summed E-state index contributed by atoms with van der Waals surface area (Å²) in [6, 6.07) is 5.09. The van der Waals surface area contributed by atoms with Crippen molar-refractivity contribution >= 4 is 27.6 Å². The molecular weight excluding hydrogens is 298 g/mol. The molecule has 0 saturated carbocycles. The molecule has 18 heavy (non-hydrogen) atoms. The van der Waals surface area contributed by atoms with Crippen LogP contribution in [-0.4, -0.2) is 25.8 Å². The second-order valence-corrected chi connectivity index (χ2v) is 5.11. The molecule has 0 heterocycles. The van der Waals surface area contributed by atoms with Crippen LogP contribution in [0.15, 0.2) is 22.7 Å². The summed E-state index contributed by atoms with van der Waals surface area (Å²) < 4.78 is 11.0. The van der Waals surface area contributed by atoms with Crippen molar-refractivity contribution in [3.63, 3.8) is 0 Å². The lowest BCUT2D eigenvalue weighted by molar-refractivity contribution is 0.0277. The number of nitrogen functional groups attached to an aromatic ring is 1. The van der Waals surface area contributed by atoms with E-state index >= 15 is 0 Å². The van der Waals surface area contributed by atoms with Crippen molar-refractivity contribution in [3.8, 4) is 0 Å². The number of hydrogen-bond donors (Lipinski definition) is 1. The molecule has 0 bridgehead atoms. The van der Waals surface area contributed by atoms with E-state index in [4.69, 9.17) is 15.2 Å².